The fourth-order valence-corrected chi connectivity index (χ4v) is 4.75. The number of fused-ring (bicyclic) bond motifs is 1. The fourth-order valence-electron chi connectivity index (χ4n) is 2.43. The molecule has 26 heavy (non-hydrogen) atoms. The minimum absolute atomic E-state index is 0.0985. The van der Waals surface area contributed by atoms with Crippen LogP contribution in [-0.4, -0.2) is 16.5 Å². The second kappa shape index (κ2) is 7.45. The molecular formula is C19H11Cl2NO2S2. The topological polar surface area (TPSA) is 43.1 Å². The van der Waals surface area contributed by atoms with Crippen LogP contribution in [-0.2, 0) is 0 Å². The first kappa shape index (κ1) is 17.6. The molecule has 3 nitrogen and oxygen atoms in total. The van der Waals surface area contributed by atoms with Gasteiger partial charge in [0, 0.05) is 10.6 Å². The standard InChI is InChI=1S/C19H11Cl2NO2S2/c20-11-5-6-13(21)12(9-11)16-7-8-17(24-16)15(23)10-25-19-22-14-3-1-2-4-18(14)26-19/h1-9H,10H2. The zero-order valence-electron chi connectivity index (χ0n) is 13.2. The van der Waals surface area contributed by atoms with E-state index in [1.54, 1.807) is 41.7 Å². The van der Waals surface area contributed by atoms with E-state index >= 15 is 0 Å². The number of carbonyl (C=O) groups excluding carboxylic acids is 1. The molecule has 0 atom stereocenters. The second-order valence-corrected chi connectivity index (χ2v) is 8.54. The van der Waals surface area contributed by atoms with E-state index in [2.05, 4.69) is 4.98 Å². The number of hydrogen-bond acceptors (Lipinski definition) is 5. The van der Waals surface area contributed by atoms with Crippen molar-refractivity contribution in [3.8, 4) is 11.3 Å². The maximum atomic E-state index is 12.4. The number of carbonyl (C=O) groups is 1. The summed E-state index contributed by atoms with van der Waals surface area (Å²) in [7, 11) is 0. The molecule has 130 valence electrons. The third-order valence-electron chi connectivity index (χ3n) is 3.68. The third-order valence-corrected chi connectivity index (χ3v) is 6.42. The quantitative estimate of drug-likeness (QED) is 0.262. The molecule has 0 unspecified atom stereocenters. The number of thioether (sulfide) groups is 1. The molecule has 0 aliphatic carbocycles. The van der Waals surface area contributed by atoms with E-state index in [1.807, 2.05) is 24.3 Å². The Labute approximate surface area is 168 Å². The fraction of sp³-hybridized carbons (Fsp3) is 0.0526. The molecular weight excluding hydrogens is 409 g/mol. The van der Waals surface area contributed by atoms with Gasteiger partial charge in [0.05, 0.1) is 21.0 Å². The summed E-state index contributed by atoms with van der Waals surface area (Å²) in [6.45, 7) is 0. The van der Waals surface area contributed by atoms with Crippen molar-refractivity contribution in [3.05, 3.63) is 70.4 Å². The molecule has 4 aromatic rings. The van der Waals surface area contributed by atoms with Crippen LogP contribution in [0, 0.1) is 0 Å². The average Bonchev–Trinajstić information content (AvgIpc) is 3.28. The molecule has 0 amide bonds. The summed E-state index contributed by atoms with van der Waals surface area (Å²) in [5.41, 5.74) is 1.61. The van der Waals surface area contributed by atoms with Crippen LogP contribution >= 0.6 is 46.3 Å². The van der Waals surface area contributed by atoms with E-state index in [4.69, 9.17) is 27.6 Å². The van der Waals surface area contributed by atoms with E-state index in [0.29, 0.717) is 27.1 Å². The van der Waals surface area contributed by atoms with Gasteiger partial charge in [-0.2, -0.15) is 0 Å². The van der Waals surface area contributed by atoms with E-state index < -0.39 is 0 Å². The van der Waals surface area contributed by atoms with Crippen molar-refractivity contribution >= 4 is 62.3 Å². The Morgan fingerprint density at radius 2 is 1.96 bits per heavy atom. The number of thiazole rings is 1. The number of aromatic nitrogens is 1. The highest BCUT2D eigenvalue weighted by molar-refractivity contribution is 8.01. The lowest BCUT2D eigenvalue weighted by atomic mass is 10.2. The van der Waals surface area contributed by atoms with E-state index in [-0.39, 0.29) is 11.5 Å². The Morgan fingerprint density at radius 3 is 2.81 bits per heavy atom. The van der Waals surface area contributed by atoms with Gasteiger partial charge in [0.2, 0.25) is 5.78 Å². The minimum atomic E-state index is -0.0985. The first-order valence-electron chi connectivity index (χ1n) is 7.67. The summed E-state index contributed by atoms with van der Waals surface area (Å²) in [5.74, 6) is 0.977. The molecule has 0 saturated carbocycles. The van der Waals surface area contributed by atoms with Gasteiger partial charge < -0.3 is 4.42 Å². The molecule has 0 fully saturated rings. The Hall–Kier alpha value is -1.79. The van der Waals surface area contributed by atoms with Crippen LogP contribution in [0.4, 0.5) is 0 Å². The van der Waals surface area contributed by atoms with Crippen LogP contribution in [0.1, 0.15) is 10.6 Å². The molecule has 0 aliphatic heterocycles. The highest BCUT2D eigenvalue weighted by Crippen LogP contribution is 2.33. The van der Waals surface area contributed by atoms with Crippen molar-refractivity contribution in [2.75, 3.05) is 5.75 Å². The van der Waals surface area contributed by atoms with Gasteiger partial charge in [-0.15, -0.1) is 11.3 Å². The number of ketones is 1. The van der Waals surface area contributed by atoms with Crippen LogP contribution in [0.25, 0.3) is 21.5 Å². The van der Waals surface area contributed by atoms with Crippen molar-refractivity contribution in [3.63, 3.8) is 0 Å². The molecule has 0 aliphatic rings. The molecule has 2 heterocycles. The smallest absolute Gasteiger partial charge is 0.208 e. The van der Waals surface area contributed by atoms with Crippen LogP contribution in [0.2, 0.25) is 10.0 Å². The van der Waals surface area contributed by atoms with Gasteiger partial charge in [-0.05, 0) is 42.5 Å². The Morgan fingerprint density at radius 1 is 1.12 bits per heavy atom. The Kier molecular flexibility index (Phi) is 5.05. The molecule has 0 N–H and O–H groups in total. The Bertz CT molecular complexity index is 1070. The third kappa shape index (κ3) is 3.67. The number of hydrogen-bond donors (Lipinski definition) is 0. The lowest BCUT2D eigenvalue weighted by Gasteiger charge is -2.01. The second-order valence-electron chi connectivity index (χ2n) is 5.45. The highest BCUT2D eigenvalue weighted by Gasteiger charge is 2.15. The van der Waals surface area contributed by atoms with Gasteiger partial charge in [-0.25, -0.2) is 4.98 Å². The normalized spacial score (nSPS) is 11.2. The maximum Gasteiger partial charge on any atom is 0.208 e. The molecule has 4 rings (SSSR count). The van der Waals surface area contributed by atoms with Crippen LogP contribution in [0.5, 0.6) is 0 Å². The van der Waals surface area contributed by atoms with Crippen molar-refractivity contribution in [1.82, 2.24) is 4.98 Å². The van der Waals surface area contributed by atoms with E-state index in [0.717, 1.165) is 14.6 Å². The SMILES string of the molecule is O=C(CSc1nc2ccccc2s1)c1ccc(-c2cc(Cl)ccc2Cl)o1. The summed E-state index contributed by atoms with van der Waals surface area (Å²) in [5, 5.41) is 1.08. The van der Waals surface area contributed by atoms with Gasteiger partial charge in [0.15, 0.2) is 10.1 Å². The van der Waals surface area contributed by atoms with Crippen LogP contribution in [0.15, 0.2) is 63.4 Å². The summed E-state index contributed by atoms with van der Waals surface area (Å²) >= 11 is 15.2. The van der Waals surface area contributed by atoms with Crippen molar-refractivity contribution in [2.45, 2.75) is 4.34 Å². The van der Waals surface area contributed by atoms with Gasteiger partial charge in [-0.3, -0.25) is 4.79 Å². The van der Waals surface area contributed by atoms with Crippen LogP contribution < -0.4 is 0 Å². The number of rotatable bonds is 5. The van der Waals surface area contributed by atoms with Gasteiger partial charge in [-0.1, -0.05) is 47.1 Å². The first-order chi connectivity index (χ1) is 12.6. The largest absolute Gasteiger partial charge is 0.453 e. The number of nitrogens with zero attached hydrogens (tertiary/aromatic N) is 1. The average molecular weight is 420 g/mol. The van der Waals surface area contributed by atoms with E-state index in [9.17, 15) is 4.79 Å². The molecule has 0 spiro atoms. The lowest BCUT2D eigenvalue weighted by Crippen LogP contribution is -2.00. The number of benzene rings is 2. The Balaban J connectivity index is 1.48. The molecule has 0 radical (unpaired) electrons. The minimum Gasteiger partial charge on any atom is -0.453 e. The number of furan rings is 1. The molecule has 0 bridgehead atoms. The lowest BCUT2D eigenvalue weighted by molar-refractivity contribution is 0.0993. The maximum absolute atomic E-state index is 12.4. The van der Waals surface area contributed by atoms with Crippen molar-refractivity contribution in [2.24, 2.45) is 0 Å². The number of Topliss-reactive ketones (excluding diaryl/α,β-unsaturated/α-hetero) is 1. The van der Waals surface area contributed by atoms with E-state index in [1.165, 1.54) is 11.8 Å². The molecule has 0 saturated heterocycles. The predicted molar refractivity (Wildman–Crippen MR) is 109 cm³/mol. The molecule has 2 aromatic heterocycles. The van der Waals surface area contributed by atoms with Crippen LogP contribution in [0.3, 0.4) is 0 Å². The number of para-hydroxylation sites is 1. The summed E-state index contributed by atoms with van der Waals surface area (Å²) in [6.07, 6.45) is 0. The van der Waals surface area contributed by atoms with Crippen molar-refractivity contribution < 1.29 is 9.21 Å². The highest BCUT2D eigenvalue weighted by atomic mass is 35.5. The summed E-state index contributed by atoms with van der Waals surface area (Å²) in [4.78, 5) is 17.0. The monoisotopic (exact) mass is 419 g/mol. The molecule has 2 aromatic carbocycles. The van der Waals surface area contributed by atoms with Gasteiger partial charge >= 0.3 is 0 Å². The zero-order valence-corrected chi connectivity index (χ0v) is 16.4. The zero-order chi connectivity index (χ0) is 18.1. The van der Waals surface area contributed by atoms with Crippen molar-refractivity contribution in [1.29, 1.82) is 0 Å². The summed E-state index contributed by atoms with van der Waals surface area (Å²) in [6, 6.07) is 16.4. The number of halogens is 2. The van der Waals surface area contributed by atoms with Gasteiger partial charge in [0.25, 0.3) is 0 Å². The first-order valence-corrected chi connectivity index (χ1v) is 10.2. The van der Waals surface area contributed by atoms with Gasteiger partial charge in [0.1, 0.15) is 5.76 Å². The molecule has 7 heteroatoms. The predicted octanol–water partition coefficient (Wildman–Crippen LogP) is 6.84. The summed E-state index contributed by atoms with van der Waals surface area (Å²) < 4.78 is 7.67.